The van der Waals surface area contributed by atoms with Gasteiger partial charge >= 0.3 is 6.03 Å². The van der Waals surface area contributed by atoms with Crippen LogP contribution >= 0.6 is 0 Å². The Hall–Kier alpha value is -1.59. The van der Waals surface area contributed by atoms with Crippen LogP contribution in [0.5, 0.6) is 0 Å². The van der Waals surface area contributed by atoms with Gasteiger partial charge in [-0.3, -0.25) is 0 Å². The first-order valence-electron chi connectivity index (χ1n) is 5.76. The number of hydrogen-bond acceptors (Lipinski definition) is 3. The second-order valence-electron chi connectivity index (χ2n) is 4.55. The van der Waals surface area contributed by atoms with Crippen LogP contribution in [0.4, 0.5) is 10.5 Å². The van der Waals surface area contributed by atoms with Gasteiger partial charge in [-0.2, -0.15) is 0 Å². The van der Waals surface area contributed by atoms with E-state index < -0.39 is 5.60 Å². The van der Waals surface area contributed by atoms with E-state index in [1.807, 2.05) is 31.2 Å². The number of rotatable bonds is 5. The van der Waals surface area contributed by atoms with Crippen molar-refractivity contribution in [2.75, 3.05) is 25.6 Å². The molecule has 18 heavy (non-hydrogen) atoms. The van der Waals surface area contributed by atoms with Crippen LogP contribution in [0.2, 0.25) is 0 Å². The van der Waals surface area contributed by atoms with Gasteiger partial charge in [0.15, 0.2) is 0 Å². The Labute approximate surface area is 107 Å². The molecule has 0 bridgehead atoms. The maximum Gasteiger partial charge on any atom is 0.319 e. The summed E-state index contributed by atoms with van der Waals surface area (Å²) in [7, 11) is 1.50. The summed E-state index contributed by atoms with van der Waals surface area (Å²) in [5, 5.41) is 15.1. The summed E-state index contributed by atoms with van der Waals surface area (Å²) in [4.78, 5) is 11.6. The first-order valence-corrected chi connectivity index (χ1v) is 5.76. The van der Waals surface area contributed by atoms with E-state index >= 15 is 0 Å². The molecule has 1 aromatic carbocycles. The summed E-state index contributed by atoms with van der Waals surface area (Å²) in [6.07, 6.45) is 0. The molecule has 0 aliphatic rings. The second kappa shape index (κ2) is 6.37. The number of aryl methyl sites for hydroxylation is 1. The minimum atomic E-state index is -1.07. The summed E-state index contributed by atoms with van der Waals surface area (Å²) in [6.45, 7) is 3.80. The van der Waals surface area contributed by atoms with E-state index in [1.54, 1.807) is 6.92 Å². The quantitative estimate of drug-likeness (QED) is 0.744. The predicted octanol–water partition coefficient (Wildman–Crippen LogP) is 1.51. The summed E-state index contributed by atoms with van der Waals surface area (Å²) in [5.41, 5.74) is 0.662. The highest BCUT2D eigenvalue weighted by atomic mass is 16.5. The topological polar surface area (TPSA) is 70.6 Å². The van der Waals surface area contributed by atoms with E-state index in [1.165, 1.54) is 7.11 Å². The maximum atomic E-state index is 11.6. The van der Waals surface area contributed by atoms with Crippen LogP contribution < -0.4 is 10.6 Å². The van der Waals surface area contributed by atoms with Gasteiger partial charge in [-0.15, -0.1) is 0 Å². The normalized spacial score (nSPS) is 13.8. The zero-order chi connectivity index (χ0) is 13.6. The number of ether oxygens (including phenoxy) is 1. The number of amides is 2. The van der Waals surface area contributed by atoms with Crippen LogP contribution in [-0.4, -0.2) is 37.0 Å². The number of para-hydroxylation sites is 1. The second-order valence-corrected chi connectivity index (χ2v) is 4.55. The number of hydrogen-bond donors (Lipinski definition) is 3. The number of aliphatic hydroxyl groups is 1. The molecule has 0 radical (unpaired) electrons. The lowest BCUT2D eigenvalue weighted by molar-refractivity contribution is -0.0133. The third-order valence-corrected chi connectivity index (χ3v) is 2.48. The lowest BCUT2D eigenvalue weighted by atomic mass is 10.1. The summed E-state index contributed by atoms with van der Waals surface area (Å²) >= 11 is 0. The van der Waals surface area contributed by atoms with Gasteiger partial charge in [0.25, 0.3) is 0 Å². The van der Waals surface area contributed by atoms with Crippen molar-refractivity contribution in [1.82, 2.24) is 5.32 Å². The van der Waals surface area contributed by atoms with Crippen LogP contribution in [0, 0.1) is 6.92 Å². The van der Waals surface area contributed by atoms with Gasteiger partial charge in [-0.25, -0.2) is 4.79 Å². The standard InChI is InChI=1S/C13H20N2O3/c1-10-6-4-5-7-11(10)15-12(16)14-8-13(2,17)9-18-3/h4-7,17H,8-9H2,1-3H3,(H2,14,15,16)/t13-/m0/s1. The van der Waals surface area contributed by atoms with Crippen molar-refractivity contribution in [3.05, 3.63) is 29.8 Å². The van der Waals surface area contributed by atoms with Gasteiger partial charge in [0.1, 0.15) is 5.60 Å². The van der Waals surface area contributed by atoms with Crippen molar-refractivity contribution in [1.29, 1.82) is 0 Å². The fourth-order valence-electron chi connectivity index (χ4n) is 1.51. The maximum absolute atomic E-state index is 11.6. The molecule has 5 nitrogen and oxygen atoms in total. The monoisotopic (exact) mass is 252 g/mol. The molecule has 5 heteroatoms. The molecular weight excluding hydrogens is 232 g/mol. The minimum Gasteiger partial charge on any atom is -0.386 e. The van der Waals surface area contributed by atoms with Crippen molar-refractivity contribution in [2.45, 2.75) is 19.4 Å². The fourth-order valence-corrected chi connectivity index (χ4v) is 1.51. The third-order valence-electron chi connectivity index (χ3n) is 2.48. The van der Waals surface area contributed by atoms with Crippen LogP contribution in [0.25, 0.3) is 0 Å². The van der Waals surface area contributed by atoms with E-state index in [9.17, 15) is 9.90 Å². The molecule has 3 N–H and O–H groups in total. The zero-order valence-corrected chi connectivity index (χ0v) is 11.0. The number of urea groups is 1. The molecule has 1 aromatic rings. The highest BCUT2D eigenvalue weighted by molar-refractivity contribution is 5.90. The molecule has 0 fully saturated rings. The summed E-state index contributed by atoms with van der Waals surface area (Å²) in [6, 6.07) is 7.14. The lowest BCUT2D eigenvalue weighted by Crippen LogP contribution is -2.45. The highest BCUT2D eigenvalue weighted by Crippen LogP contribution is 2.12. The number of anilines is 1. The highest BCUT2D eigenvalue weighted by Gasteiger charge is 2.20. The van der Waals surface area contributed by atoms with Crippen LogP contribution in [0.1, 0.15) is 12.5 Å². The minimum absolute atomic E-state index is 0.124. The lowest BCUT2D eigenvalue weighted by Gasteiger charge is -2.22. The van der Waals surface area contributed by atoms with Crippen LogP contribution in [-0.2, 0) is 4.74 Å². The number of carbonyl (C=O) groups excluding carboxylic acids is 1. The Morgan fingerprint density at radius 1 is 1.44 bits per heavy atom. The predicted molar refractivity (Wildman–Crippen MR) is 70.7 cm³/mol. The molecule has 0 spiro atoms. The average molecular weight is 252 g/mol. The Morgan fingerprint density at radius 3 is 2.72 bits per heavy atom. The number of methoxy groups -OCH3 is 1. The zero-order valence-electron chi connectivity index (χ0n) is 11.0. The summed E-state index contributed by atoms with van der Waals surface area (Å²) in [5.74, 6) is 0. The average Bonchev–Trinajstić information content (AvgIpc) is 2.30. The van der Waals surface area contributed by atoms with Gasteiger partial charge in [0, 0.05) is 12.8 Å². The van der Waals surface area contributed by atoms with Crippen molar-refractivity contribution in [2.24, 2.45) is 0 Å². The van der Waals surface area contributed by atoms with Crippen LogP contribution in [0.3, 0.4) is 0 Å². The summed E-state index contributed by atoms with van der Waals surface area (Å²) < 4.78 is 4.85. The number of carbonyl (C=O) groups is 1. The Kier molecular flexibility index (Phi) is 5.12. The van der Waals surface area contributed by atoms with Crippen molar-refractivity contribution in [3.63, 3.8) is 0 Å². The third kappa shape index (κ3) is 4.73. The Morgan fingerprint density at radius 2 is 2.11 bits per heavy atom. The molecule has 0 aliphatic carbocycles. The van der Waals surface area contributed by atoms with Crippen LogP contribution in [0.15, 0.2) is 24.3 Å². The van der Waals surface area contributed by atoms with E-state index in [4.69, 9.17) is 4.74 Å². The first-order chi connectivity index (χ1) is 8.44. The van der Waals surface area contributed by atoms with Gasteiger partial charge in [0.05, 0.1) is 13.2 Å². The molecule has 1 atom stereocenters. The molecule has 0 aliphatic heterocycles. The molecule has 1 rings (SSSR count). The fraction of sp³-hybridized carbons (Fsp3) is 0.462. The smallest absolute Gasteiger partial charge is 0.319 e. The number of nitrogens with one attached hydrogen (secondary N) is 2. The molecule has 0 aromatic heterocycles. The van der Waals surface area contributed by atoms with Gasteiger partial charge in [-0.05, 0) is 25.5 Å². The molecule has 100 valence electrons. The molecule has 0 saturated heterocycles. The molecule has 0 saturated carbocycles. The molecule has 0 heterocycles. The van der Waals surface area contributed by atoms with E-state index in [0.29, 0.717) is 0 Å². The first kappa shape index (κ1) is 14.5. The Bertz CT molecular complexity index is 405. The SMILES string of the molecule is COC[C@@](C)(O)CNC(=O)Nc1ccccc1C. The van der Waals surface area contributed by atoms with Crippen molar-refractivity contribution >= 4 is 11.7 Å². The van der Waals surface area contributed by atoms with Crippen molar-refractivity contribution < 1.29 is 14.6 Å². The van der Waals surface area contributed by atoms with Crippen molar-refractivity contribution in [3.8, 4) is 0 Å². The molecule has 2 amide bonds. The van der Waals surface area contributed by atoms with E-state index in [2.05, 4.69) is 10.6 Å². The van der Waals surface area contributed by atoms with Gasteiger partial charge in [-0.1, -0.05) is 18.2 Å². The largest absolute Gasteiger partial charge is 0.386 e. The van der Waals surface area contributed by atoms with Gasteiger partial charge < -0.3 is 20.5 Å². The molecular formula is C13H20N2O3. The Balaban J connectivity index is 2.46. The molecule has 0 unspecified atom stereocenters. The van der Waals surface area contributed by atoms with E-state index in [-0.39, 0.29) is 19.2 Å². The van der Waals surface area contributed by atoms with Gasteiger partial charge in [0.2, 0.25) is 0 Å². The number of benzene rings is 1. The van der Waals surface area contributed by atoms with E-state index in [0.717, 1.165) is 11.3 Å².